The van der Waals surface area contributed by atoms with E-state index in [0.717, 1.165) is 51.5 Å². The number of carbonyl (C=O) groups excluding carboxylic acids is 1. The van der Waals surface area contributed by atoms with Crippen molar-refractivity contribution < 1.29 is 19.7 Å². The quantitative estimate of drug-likeness (QED) is 0.573. The second kappa shape index (κ2) is 8.61. The molecule has 4 rings (SSSR count). The SMILES string of the molecule is COC(=O)[C@H]1CC[C@H]2[C@@H]3CCC4C[C@H](O)[C@@H](O)[C@H](NCCC(C)C)[C@]4(C)[C@H]3CC[C@]12C. The van der Waals surface area contributed by atoms with Crippen LogP contribution in [-0.4, -0.2) is 48.1 Å². The number of esters is 1. The number of ether oxygens (including phenoxy) is 1. The van der Waals surface area contributed by atoms with E-state index >= 15 is 0 Å². The number of hydrogen-bond donors (Lipinski definition) is 3. The highest BCUT2D eigenvalue weighted by Gasteiger charge is 2.64. The van der Waals surface area contributed by atoms with Gasteiger partial charge in [-0.05, 0) is 98.3 Å². The lowest BCUT2D eigenvalue weighted by Gasteiger charge is -2.64. The Balaban J connectivity index is 1.61. The van der Waals surface area contributed by atoms with Gasteiger partial charge in [0.15, 0.2) is 0 Å². The lowest BCUT2D eigenvalue weighted by molar-refractivity contribution is -0.181. The van der Waals surface area contributed by atoms with Gasteiger partial charge in [0.25, 0.3) is 0 Å². The monoisotopic (exact) mass is 435 g/mol. The van der Waals surface area contributed by atoms with Gasteiger partial charge >= 0.3 is 5.97 Å². The van der Waals surface area contributed by atoms with Gasteiger partial charge in [-0.1, -0.05) is 27.7 Å². The maximum Gasteiger partial charge on any atom is 0.309 e. The zero-order valence-electron chi connectivity index (χ0n) is 20.3. The normalized spacial score (nSPS) is 49.3. The van der Waals surface area contributed by atoms with E-state index < -0.39 is 12.2 Å². The molecule has 0 heterocycles. The summed E-state index contributed by atoms with van der Waals surface area (Å²) in [5, 5.41) is 25.5. The molecular weight excluding hydrogens is 390 g/mol. The number of methoxy groups -OCH3 is 1. The summed E-state index contributed by atoms with van der Waals surface area (Å²) < 4.78 is 5.19. The summed E-state index contributed by atoms with van der Waals surface area (Å²) in [6.07, 6.45) is 7.04. The molecule has 0 aromatic heterocycles. The highest BCUT2D eigenvalue weighted by molar-refractivity contribution is 5.73. The van der Waals surface area contributed by atoms with Crippen molar-refractivity contribution in [3.8, 4) is 0 Å². The lowest BCUT2D eigenvalue weighted by Crippen LogP contribution is -2.68. The molecule has 31 heavy (non-hydrogen) atoms. The van der Waals surface area contributed by atoms with Crippen LogP contribution >= 0.6 is 0 Å². The molecule has 0 amide bonds. The molecule has 10 atom stereocenters. The molecule has 178 valence electrons. The summed E-state index contributed by atoms with van der Waals surface area (Å²) in [5.74, 6) is 2.79. The molecule has 5 nitrogen and oxygen atoms in total. The van der Waals surface area contributed by atoms with Crippen LogP contribution in [0.15, 0.2) is 0 Å². The van der Waals surface area contributed by atoms with Crippen LogP contribution in [-0.2, 0) is 9.53 Å². The van der Waals surface area contributed by atoms with Crippen LogP contribution in [0.3, 0.4) is 0 Å². The molecule has 5 heteroatoms. The van der Waals surface area contributed by atoms with Crippen molar-refractivity contribution in [1.82, 2.24) is 5.32 Å². The van der Waals surface area contributed by atoms with E-state index in [1.54, 1.807) is 0 Å². The summed E-state index contributed by atoms with van der Waals surface area (Å²) in [6.45, 7) is 10.1. The minimum absolute atomic E-state index is 0.0107. The van der Waals surface area contributed by atoms with E-state index in [1.807, 2.05) is 0 Å². The number of aliphatic hydroxyl groups excluding tert-OH is 2. The predicted molar refractivity (Wildman–Crippen MR) is 121 cm³/mol. The molecule has 4 saturated carbocycles. The molecule has 4 fully saturated rings. The Hall–Kier alpha value is -0.650. The molecule has 0 aromatic rings. The van der Waals surface area contributed by atoms with Crippen LogP contribution in [0.25, 0.3) is 0 Å². The second-order valence-corrected chi connectivity index (χ2v) is 12.1. The van der Waals surface area contributed by atoms with E-state index in [1.165, 1.54) is 13.5 Å². The topological polar surface area (TPSA) is 78.8 Å². The van der Waals surface area contributed by atoms with Crippen LogP contribution in [0.1, 0.15) is 79.1 Å². The molecular formula is C26H45NO4. The van der Waals surface area contributed by atoms with E-state index in [4.69, 9.17) is 4.74 Å². The van der Waals surface area contributed by atoms with Crippen LogP contribution in [0, 0.1) is 46.3 Å². The first kappa shape index (κ1) is 23.5. The Bertz CT molecular complexity index is 668. The first-order valence-electron chi connectivity index (χ1n) is 12.8. The predicted octanol–water partition coefficient (Wildman–Crippen LogP) is 3.76. The van der Waals surface area contributed by atoms with Crippen molar-refractivity contribution in [1.29, 1.82) is 0 Å². The fourth-order valence-corrected chi connectivity index (χ4v) is 8.74. The number of aliphatic hydroxyl groups is 2. The Labute approximate surface area is 188 Å². The molecule has 3 N–H and O–H groups in total. The van der Waals surface area contributed by atoms with E-state index in [2.05, 4.69) is 33.0 Å². The van der Waals surface area contributed by atoms with Gasteiger partial charge in [-0.3, -0.25) is 4.79 Å². The van der Waals surface area contributed by atoms with Gasteiger partial charge in [-0.15, -0.1) is 0 Å². The van der Waals surface area contributed by atoms with Gasteiger partial charge < -0.3 is 20.3 Å². The van der Waals surface area contributed by atoms with Crippen molar-refractivity contribution in [2.24, 2.45) is 46.3 Å². The maximum atomic E-state index is 12.5. The number of carbonyl (C=O) groups is 1. The number of hydrogen-bond acceptors (Lipinski definition) is 5. The Morgan fingerprint density at radius 1 is 1.10 bits per heavy atom. The summed E-state index contributed by atoms with van der Waals surface area (Å²) >= 11 is 0. The number of nitrogens with one attached hydrogen (secondary N) is 1. The second-order valence-electron chi connectivity index (χ2n) is 12.1. The van der Waals surface area contributed by atoms with Gasteiger partial charge in [0.1, 0.15) is 0 Å². The minimum atomic E-state index is -0.702. The lowest BCUT2D eigenvalue weighted by atomic mass is 9.43. The van der Waals surface area contributed by atoms with Crippen molar-refractivity contribution in [2.45, 2.75) is 97.3 Å². The van der Waals surface area contributed by atoms with Gasteiger partial charge in [0, 0.05) is 6.04 Å². The van der Waals surface area contributed by atoms with Crippen LogP contribution < -0.4 is 5.32 Å². The average molecular weight is 436 g/mol. The molecule has 4 aliphatic rings. The maximum absolute atomic E-state index is 12.5. The molecule has 0 radical (unpaired) electrons. The van der Waals surface area contributed by atoms with Gasteiger partial charge in [-0.25, -0.2) is 0 Å². The van der Waals surface area contributed by atoms with Crippen molar-refractivity contribution in [3.63, 3.8) is 0 Å². The number of fused-ring (bicyclic) bond motifs is 5. The Kier molecular flexibility index (Phi) is 6.53. The van der Waals surface area contributed by atoms with Gasteiger partial charge in [0.05, 0.1) is 25.2 Å². The van der Waals surface area contributed by atoms with E-state index in [9.17, 15) is 15.0 Å². The van der Waals surface area contributed by atoms with Crippen molar-refractivity contribution in [2.75, 3.05) is 13.7 Å². The summed E-state index contributed by atoms with van der Waals surface area (Å²) in [5.41, 5.74) is 0.0358. The standard InChI is InChI=1S/C26H45NO4/c1-15(2)11-13-27-23-22(29)21(28)14-16-6-7-17-18-8-9-20(24(30)31-5)25(18,3)12-10-19(17)26(16,23)4/h15-23,27-29H,6-14H2,1-5H3/t16?,17-,18-,19-,20+,21-,22+,23-,25-,26-/m0/s1. The Morgan fingerprint density at radius 3 is 2.52 bits per heavy atom. The van der Waals surface area contributed by atoms with Crippen LogP contribution in [0.5, 0.6) is 0 Å². The molecule has 0 aromatic carbocycles. The number of rotatable bonds is 5. The van der Waals surface area contributed by atoms with Gasteiger partial charge in [0.2, 0.25) is 0 Å². The summed E-state index contributed by atoms with van der Waals surface area (Å²) in [7, 11) is 1.53. The third kappa shape index (κ3) is 3.67. The first-order valence-corrected chi connectivity index (χ1v) is 12.8. The zero-order valence-corrected chi connectivity index (χ0v) is 20.3. The fraction of sp³-hybridized carbons (Fsp3) is 0.962. The summed E-state index contributed by atoms with van der Waals surface area (Å²) in [6, 6.07) is -0.0602. The van der Waals surface area contributed by atoms with E-state index in [0.29, 0.717) is 29.6 Å². The van der Waals surface area contributed by atoms with Crippen molar-refractivity contribution in [3.05, 3.63) is 0 Å². The van der Waals surface area contributed by atoms with Gasteiger partial charge in [-0.2, -0.15) is 0 Å². The highest BCUT2D eigenvalue weighted by atomic mass is 16.5. The third-order valence-corrected chi connectivity index (χ3v) is 10.5. The molecule has 1 unspecified atom stereocenters. The molecule has 0 saturated heterocycles. The van der Waals surface area contributed by atoms with Crippen LogP contribution in [0.4, 0.5) is 0 Å². The largest absolute Gasteiger partial charge is 0.469 e. The Morgan fingerprint density at radius 2 is 1.84 bits per heavy atom. The van der Waals surface area contributed by atoms with E-state index in [-0.39, 0.29) is 28.8 Å². The highest BCUT2D eigenvalue weighted by Crippen LogP contribution is 2.67. The molecule has 0 spiro atoms. The van der Waals surface area contributed by atoms with Crippen LogP contribution in [0.2, 0.25) is 0 Å². The average Bonchev–Trinajstić information content (AvgIpc) is 3.08. The minimum Gasteiger partial charge on any atom is -0.469 e. The molecule has 0 aliphatic heterocycles. The molecule has 0 bridgehead atoms. The first-order chi connectivity index (χ1) is 14.6. The third-order valence-electron chi connectivity index (χ3n) is 10.5. The summed E-state index contributed by atoms with van der Waals surface area (Å²) in [4.78, 5) is 12.5. The molecule has 4 aliphatic carbocycles. The fourth-order valence-electron chi connectivity index (χ4n) is 8.74. The zero-order chi connectivity index (χ0) is 22.6. The van der Waals surface area contributed by atoms with Crippen molar-refractivity contribution >= 4 is 5.97 Å². The smallest absolute Gasteiger partial charge is 0.309 e.